The van der Waals surface area contributed by atoms with Crippen LogP contribution in [0.15, 0.2) is 5.29 Å². The molecule has 0 bridgehead atoms. The minimum atomic E-state index is -0.938. The Morgan fingerprint density at radius 3 is 2.22 bits per heavy atom. The van der Waals surface area contributed by atoms with Crippen LogP contribution in [0.1, 0.15) is 0 Å². The number of hydrazine groups is 3. The van der Waals surface area contributed by atoms with Crippen molar-refractivity contribution in [2.24, 2.45) is 17.0 Å². The zero-order valence-electron chi connectivity index (χ0n) is 4.37. The minimum Gasteiger partial charge on any atom is -0.273 e. The second-order valence-corrected chi connectivity index (χ2v) is 0.972. The first-order chi connectivity index (χ1) is 4.26. The molecular formula is CH6N6O2. The lowest BCUT2D eigenvalue weighted by Crippen LogP contribution is -2.49. The van der Waals surface area contributed by atoms with E-state index in [1.54, 1.807) is 11.0 Å². The standard InChI is InChI=1S/CH6N6O2/c2-4-1(8)7(5-3)6-9/h5H,2-3H2,(H,4,8). The van der Waals surface area contributed by atoms with E-state index in [1.165, 1.54) is 0 Å². The molecule has 0 saturated carbocycles. The summed E-state index contributed by atoms with van der Waals surface area (Å²) >= 11 is 0. The first-order valence-electron chi connectivity index (χ1n) is 1.86. The lowest BCUT2D eigenvalue weighted by Gasteiger charge is -2.07. The highest BCUT2D eigenvalue weighted by atomic mass is 16.3. The highest BCUT2D eigenvalue weighted by molar-refractivity contribution is 5.72. The fourth-order valence-corrected chi connectivity index (χ4v) is 0.180. The molecule has 0 rings (SSSR count). The van der Waals surface area contributed by atoms with Gasteiger partial charge in [0.05, 0.1) is 5.29 Å². The van der Waals surface area contributed by atoms with E-state index in [0.29, 0.717) is 0 Å². The third-order valence-electron chi connectivity index (χ3n) is 0.520. The molecule has 0 aromatic carbocycles. The Balaban J connectivity index is 3.78. The number of urea groups is 1. The van der Waals surface area contributed by atoms with Crippen LogP contribution in [-0.2, 0) is 0 Å². The van der Waals surface area contributed by atoms with Gasteiger partial charge in [0.1, 0.15) is 0 Å². The summed E-state index contributed by atoms with van der Waals surface area (Å²) in [4.78, 5) is 19.8. The molecular weight excluding hydrogens is 128 g/mol. The maximum absolute atomic E-state index is 10.2. The summed E-state index contributed by atoms with van der Waals surface area (Å²) in [6.07, 6.45) is 0. The van der Waals surface area contributed by atoms with E-state index in [9.17, 15) is 9.70 Å². The maximum atomic E-state index is 10.2. The summed E-state index contributed by atoms with van der Waals surface area (Å²) < 4.78 is 0. The van der Waals surface area contributed by atoms with Crippen LogP contribution >= 0.6 is 0 Å². The summed E-state index contributed by atoms with van der Waals surface area (Å²) in [7, 11) is 0. The summed E-state index contributed by atoms with van der Waals surface area (Å²) in [6.45, 7) is 0. The molecule has 0 fully saturated rings. The van der Waals surface area contributed by atoms with Crippen LogP contribution in [-0.4, -0.2) is 11.1 Å². The van der Waals surface area contributed by atoms with E-state index < -0.39 is 6.03 Å². The third kappa shape index (κ3) is 1.99. The Bertz CT molecular complexity index is 112. The van der Waals surface area contributed by atoms with Gasteiger partial charge < -0.3 is 0 Å². The Kier molecular flexibility index (Phi) is 3.20. The normalized spacial score (nSPS) is 8.22. The van der Waals surface area contributed by atoms with Crippen LogP contribution in [0.3, 0.4) is 0 Å². The smallest absolute Gasteiger partial charge is 0.273 e. The quantitative estimate of drug-likeness (QED) is 0.149. The van der Waals surface area contributed by atoms with E-state index in [-0.39, 0.29) is 5.12 Å². The van der Waals surface area contributed by atoms with Gasteiger partial charge in [0.15, 0.2) is 0 Å². The molecule has 0 aromatic heterocycles. The molecule has 0 aliphatic heterocycles. The second-order valence-electron chi connectivity index (χ2n) is 0.972. The van der Waals surface area contributed by atoms with Crippen LogP contribution in [0.2, 0.25) is 0 Å². The molecule has 6 N–H and O–H groups in total. The van der Waals surface area contributed by atoms with E-state index in [0.717, 1.165) is 0 Å². The van der Waals surface area contributed by atoms with Gasteiger partial charge in [0, 0.05) is 0 Å². The van der Waals surface area contributed by atoms with Crippen molar-refractivity contribution in [2.75, 3.05) is 0 Å². The number of nitrogens with two attached hydrogens (primary N) is 2. The number of hydrogen-bond acceptors (Lipinski definition) is 6. The van der Waals surface area contributed by atoms with Crippen molar-refractivity contribution in [3.63, 3.8) is 0 Å². The first kappa shape index (κ1) is 7.75. The van der Waals surface area contributed by atoms with Gasteiger partial charge in [-0.1, -0.05) is 5.12 Å². The van der Waals surface area contributed by atoms with Crippen molar-refractivity contribution in [3.8, 4) is 0 Å². The summed E-state index contributed by atoms with van der Waals surface area (Å²) in [5, 5.41) is 2.33. The highest BCUT2D eigenvalue weighted by Crippen LogP contribution is 1.77. The van der Waals surface area contributed by atoms with E-state index >= 15 is 0 Å². The minimum absolute atomic E-state index is 0.194. The molecule has 0 heterocycles. The van der Waals surface area contributed by atoms with Crippen molar-refractivity contribution in [3.05, 3.63) is 4.91 Å². The Hall–Kier alpha value is -1.25. The topological polar surface area (TPSA) is 126 Å². The molecule has 0 saturated heterocycles. The van der Waals surface area contributed by atoms with Crippen LogP contribution in [0.25, 0.3) is 0 Å². The lowest BCUT2D eigenvalue weighted by molar-refractivity contribution is 0.173. The predicted molar refractivity (Wildman–Crippen MR) is 27.7 cm³/mol. The Morgan fingerprint density at radius 2 is 2.11 bits per heavy atom. The van der Waals surface area contributed by atoms with Gasteiger partial charge in [-0.3, -0.25) is 11.3 Å². The van der Waals surface area contributed by atoms with Crippen molar-refractivity contribution >= 4 is 6.03 Å². The van der Waals surface area contributed by atoms with Gasteiger partial charge in [-0.05, 0) is 0 Å². The van der Waals surface area contributed by atoms with Gasteiger partial charge in [0.2, 0.25) is 0 Å². The molecule has 0 aliphatic carbocycles. The van der Waals surface area contributed by atoms with E-state index in [2.05, 4.69) is 17.0 Å². The van der Waals surface area contributed by atoms with E-state index in [4.69, 9.17) is 0 Å². The van der Waals surface area contributed by atoms with Crippen molar-refractivity contribution < 1.29 is 4.79 Å². The molecule has 8 heteroatoms. The number of carbonyl (C=O) groups is 1. The molecule has 52 valence electrons. The molecule has 0 unspecified atom stereocenters. The number of nitrogens with zero attached hydrogens (tertiary/aromatic N) is 2. The Morgan fingerprint density at radius 1 is 1.56 bits per heavy atom. The third-order valence-corrected chi connectivity index (χ3v) is 0.520. The zero-order chi connectivity index (χ0) is 7.28. The van der Waals surface area contributed by atoms with Crippen molar-refractivity contribution in [2.45, 2.75) is 0 Å². The number of nitrogens with one attached hydrogen (secondary N) is 2. The number of amides is 2. The fraction of sp³-hybridized carbons (Fsp3) is 0. The number of rotatable bonds is 2. The lowest BCUT2D eigenvalue weighted by atomic mass is 11.1. The molecule has 8 nitrogen and oxygen atoms in total. The van der Waals surface area contributed by atoms with Crippen LogP contribution in [0, 0.1) is 4.91 Å². The summed E-state index contributed by atoms with van der Waals surface area (Å²) in [5.41, 5.74) is 3.28. The van der Waals surface area contributed by atoms with Crippen LogP contribution in [0.4, 0.5) is 4.79 Å². The molecule has 0 aromatic rings. The summed E-state index contributed by atoms with van der Waals surface area (Å²) in [6, 6.07) is -0.938. The molecule has 0 aliphatic rings. The van der Waals surface area contributed by atoms with E-state index in [1.807, 2.05) is 0 Å². The zero-order valence-corrected chi connectivity index (χ0v) is 4.37. The largest absolute Gasteiger partial charge is 0.370 e. The number of carbonyl (C=O) groups excluding carboxylic acids is 1. The van der Waals surface area contributed by atoms with Crippen LogP contribution in [0.5, 0.6) is 0 Å². The number of hydrogen-bond donors (Lipinski definition) is 4. The Labute approximate surface area is 50.0 Å². The molecule has 0 radical (unpaired) electrons. The highest BCUT2D eigenvalue weighted by Gasteiger charge is 2.08. The molecule has 0 atom stereocenters. The average Bonchev–Trinajstić information content (AvgIpc) is 1.90. The molecule has 0 spiro atoms. The average molecular weight is 134 g/mol. The van der Waals surface area contributed by atoms with Gasteiger partial charge in [0.25, 0.3) is 0 Å². The van der Waals surface area contributed by atoms with Gasteiger partial charge >= 0.3 is 6.03 Å². The second kappa shape index (κ2) is 3.72. The molecule has 9 heavy (non-hydrogen) atoms. The van der Waals surface area contributed by atoms with Crippen molar-refractivity contribution in [1.82, 2.24) is 16.1 Å². The monoisotopic (exact) mass is 134 g/mol. The SMILES string of the molecule is NNC(=O)N(N=O)NN. The predicted octanol–water partition coefficient (Wildman–Crippen LogP) is -2.07. The first-order valence-corrected chi connectivity index (χ1v) is 1.86. The summed E-state index contributed by atoms with van der Waals surface area (Å²) in [5.74, 6) is 9.21. The van der Waals surface area contributed by atoms with Crippen molar-refractivity contribution in [1.29, 1.82) is 0 Å². The van der Waals surface area contributed by atoms with Gasteiger partial charge in [-0.2, -0.15) is 0 Å². The maximum Gasteiger partial charge on any atom is 0.370 e. The number of nitroso groups, excluding NO2 is 1. The fourth-order valence-electron chi connectivity index (χ4n) is 0.180. The van der Waals surface area contributed by atoms with Crippen LogP contribution < -0.4 is 22.6 Å². The van der Waals surface area contributed by atoms with Gasteiger partial charge in [-0.25, -0.2) is 10.6 Å². The van der Waals surface area contributed by atoms with Gasteiger partial charge in [-0.15, -0.1) is 10.4 Å². The molecule has 2 amide bonds.